The van der Waals surface area contributed by atoms with Gasteiger partial charge in [0.2, 0.25) is 0 Å². The number of ether oxygens (including phenoxy) is 1. The average molecular weight is 493 g/mol. The highest BCUT2D eigenvalue weighted by Crippen LogP contribution is 2.43. The molecule has 1 aromatic heterocycles. The van der Waals surface area contributed by atoms with Crippen LogP contribution < -0.4 is 4.90 Å². The van der Waals surface area contributed by atoms with Crippen molar-refractivity contribution in [3.05, 3.63) is 41.2 Å². The summed E-state index contributed by atoms with van der Waals surface area (Å²) in [5.74, 6) is 1.43. The number of aryl methyl sites for hydroxylation is 1. The smallest absolute Gasteiger partial charge is 0.381 e. The summed E-state index contributed by atoms with van der Waals surface area (Å²) >= 11 is 0. The van der Waals surface area contributed by atoms with Crippen LogP contribution in [0.1, 0.15) is 36.8 Å². The van der Waals surface area contributed by atoms with E-state index in [1.807, 2.05) is 11.9 Å². The van der Waals surface area contributed by atoms with Crippen molar-refractivity contribution in [1.29, 1.82) is 0 Å². The summed E-state index contributed by atoms with van der Waals surface area (Å²) in [4.78, 5) is 4.42. The Morgan fingerprint density at radius 3 is 2.40 bits per heavy atom. The molecule has 2 aromatic rings. The maximum Gasteiger partial charge on any atom is 0.418 e. The number of alkyl halides is 3. The van der Waals surface area contributed by atoms with E-state index in [2.05, 4.69) is 15.1 Å². The van der Waals surface area contributed by atoms with Crippen LogP contribution >= 0.6 is 0 Å². The maximum absolute atomic E-state index is 14.0. The molecule has 1 aliphatic carbocycles. The summed E-state index contributed by atoms with van der Waals surface area (Å²) < 4.78 is 61.3. The molecule has 3 fully saturated rings. The quantitative estimate of drug-likeness (QED) is 0.538. The van der Waals surface area contributed by atoms with Gasteiger partial charge in [0.15, 0.2) is 5.82 Å². The van der Waals surface area contributed by atoms with Crippen LogP contribution in [0.3, 0.4) is 0 Å². The lowest BCUT2D eigenvalue weighted by molar-refractivity contribution is -0.137. The molecule has 3 heterocycles. The molecule has 2 saturated heterocycles. The van der Waals surface area contributed by atoms with E-state index < -0.39 is 17.6 Å². The molecule has 2 aliphatic heterocycles. The molecule has 0 amide bonds. The van der Waals surface area contributed by atoms with Gasteiger partial charge in [-0.05, 0) is 74.1 Å². The Bertz CT molecular complexity index is 1040. The number of benzene rings is 1. The molecule has 0 unspecified atom stereocenters. The monoisotopic (exact) mass is 492 g/mol. The third-order valence-corrected chi connectivity index (χ3v) is 8.11. The second-order valence-electron chi connectivity index (χ2n) is 10.5. The Kier molecular flexibility index (Phi) is 6.74. The number of hydrogen-bond donors (Lipinski definition) is 0. The largest absolute Gasteiger partial charge is 0.418 e. The molecule has 9 heteroatoms. The molecular formula is C26H32F4N4O. The van der Waals surface area contributed by atoms with Crippen LogP contribution in [0.2, 0.25) is 0 Å². The van der Waals surface area contributed by atoms with Crippen molar-refractivity contribution in [2.75, 3.05) is 44.8 Å². The SMILES string of the molecule is Cc1ccc(F)cc1-c1nnc(N(C)[C@H]2C[C@@H]3CN(CC4CCOCC4)C[C@@H]3C2)cc1C(F)(F)F. The van der Waals surface area contributed by atoms with Gasteiger partial charge in [0.05, 0.1) is 5.56 Å². The molecule has 0 radical (unpaired) electrons. The fourth-order valence-corrected chi connectivity index (χ4v) is 6.13. The molecule has 3 aliphatic rings. The highest BCUT2D eigenvalue weighted by Gasteiger charge is 2.43. The van der Waals surface area contributed by atoms with E-state index in [0.29, 0.717) is 23.3 Å². The Morgan fingerprint density at radius 1 is 1.06 bits per heavy atom. The first kappa shape index (κ1) is 24.4. The lowest BCUT2D eigenvalue weighted by atomic mass is 10.00. The molecule has 35 heavy (non-hydrogen) atoms. The predicted molar refractivity (Wildman–Crippen MR) is 126 cm³/mol. The Balaban J connectivity index is 1.30. The molecule has 0 bridgehead atoms. The highest BCUT2D eigenvalue weighted by molar-refractivity contribution is 5.68. The first-order valence-corrected chi connectivity index (χ1v) is 12.4. The van der Waals surface area contributed by atoms with Crippen LogP contribution in [-0.2, 0) is 10.9 Å². The van der Waals surface area contributed by atoms with Crippen molar-refractivity contribution in [3.63, 3.8) is 0 Å². The third-order valence-electron chi connectivity index (χ3n) is 8.11. The molecular weight excluding hydrogens is 460 g/mol. The summed E-state index contributed by atoms with van der Waals surface area (Å²) in [6, 6.07) is 4.96. The molecule has 5 nitrogen and oxygen atoms in total. The Hall–Kier alpha value is -2.26. The molecule has 1 saturated carbocycles. The molecule has 0 N–H and O–H groups in total. The molecule has 0 spiro atoms. The fraction of sp³-hybridized carbons (Fsp3) is 0.615. The number of nitrogens with zero attached hydrogens (tertiary/aromatic N) is 4. The molecule has 1 aromatic carbocycles. The number of rotatable bonds is 5. The van der Waals surface area contributed by atoms with Crippen molar-refractivity contribution in [2.45, 2.75) is 44.8 Å². The number of likely N-dealkylation sites (tertiary alicyclic amines) is 1. The lowest BCUT2D eigenvalue weighted by Gasteiger charge is -2.30. The Labute approximate surface area is 203 Å². The zero-order chi connectivity index (χ0) is 24.7. The standard InChI is InChI=1S/C26H32F4N4O/c1-16-3-4-20(27)11-22(16)25-23(26(28,29)30)12-24(31-32-25)33(2)21-9-18-14-34(15-19(18)10-21)13-17-5-7-35-8-6-17/h3-4,11-12,17-19,21H,5-10,13-15H2,1-2H3/t18-,19+,21+. The number of hydrogen-bond acceptors (Lipinski definition) is 5. The van der Waals surface area contributed by atoms with Crippen LogP contribution in [0, 0.1) is 30.5 Å². The second-order valence-corrected chi connectivity index (χ2v) is 10.5. The molecule has 3 atom stereocenters. The predicted octanol–water partition coefficient (Wildman–Crippen LogP) is 5.18. The van der Waals surface area contributed by atoms with Gasteiger partial charge in [-0.25, -0.2) is 4.39 Å². The van der Waals surface area contributed by atoms with Crippen LogP contribution in [0.5, 0.6) is 0 Å². The zero-order valence-electron chi connectivity index (χ0n) is 20.2. The van der Waals surface area contributed by atoms with Gasteiger partial charge in [0.1, 0.15) is 11.5 Å². The minimum absolute atomic E-state index is 0.110. The summed E-state index contributed by atoms with van der Waals surface area (Å²) in [7, 11) is 1.81. The topological polar surface area (TPSA) is 41.5 Å². The van der Waals surface area contributed by atoms with Gasteiger partial charge in [-0.2, -0.15) is 13.2 Å². The van der Waals surface area contributed by atoms with E-state index in [0.717, 1.165) is 70.7 Å². The van der Waals surface area contributed by atoms with Crippen molar-refractivity contribution >= 4 is 5.82 Å². The second kappa shape index (κ2) is 9.65. The van der Waals surface area contributed by atoms with Gasteiger partial charge in [-0.15, -0.1) is 10.2 Å². The van der Waals surface area contributed by atoms with Crippen molar-refractivity contribution < 1.29 is 22.3 Å². The van der Waals surface area contributed by atoms with E-state index in [9.17, 15) is 17.6 Å². The first-order valence-electron chi connectivity index (χ1n) is 12.4. The average Bonchev–Trinajstić information content (AvgIpc) is 3.39. The fourth-order valence-electron chi connectivity index (χ4n) is 6.13. The van der Waals surface area contributed by atoms with Crippen LogP contribution in [0.15, 0.2) is 24.3 Å². The molecule has 190 valence electrons. The van der Waals surface area contributed by atoms with Crippen LogP contribution in [-0.4, -0.2) is 61.0 Å². The summed E-state index contributed by atoms with van der Waals surface area (Å²) in [5, 5.41) is 8.12. The number of anilines is 1. The van der Waals surface area contributed by atoms with E-state index in [-0.39, 0.29) is 23.1 Å². The minimum Gasteiger partial charge on any atom is -0.381 e. The van der Waals surface area contributed by atoms with Crippen LogP contribution in [0.4, 0.5) is 23.4 Å². The van der Waals surface area contributed by atoms with E-state index in [4.69, 9.17) is 4.74 Å². The number of halogens is 4. The minimum atomic E-state index is -4.63. The van der Waals surface area contributed by atoms with Gasteiger partial charge in [0.25, 0.3) is 0 Å². The third kappa shape index (κ3) is 5.16. The summed E-state index contributed by atoms with van der Waals surface area (Å²) in [6.45, 7) is 6.60. The van der Waals surface area contributed by atoms with Crippen molar-refractivity contribution in [2.24, 2.45) is 17.8 Å². The number of aromatic nitrogens is 2. The van der Waals surface area contributed by atoms with Gasteiger partial charge >= 0.3 is 6.18 Å². The van der Waals surface area contributed by atoms with Crippen molar-refractivity contribution in [1.82, 2.24) is 15.1 Å². The maximum atomic E-state index is 14.0. The van der Waals surface area contributed by atoms with Gasteiger partial charge in [-0.3, -0.25) is 0 Å². The van der Waals surface area contributed by atoms with Crippen molar-refractivity contribution in [3.8, 4) is 11.3 Å². The Morgan fingerprint density at radius 2 is 1.74 bits per heavy atom. The van der Waals surface area contributed by atoms with Gasteiger partial charge in [-0.1, -0.05) is 6.07 Å². The van der Waals surface area contributed by atoms with E-state index >= 15 is 0 Å². The zero-order valence-corrected chi connectivity index (χ0v) is 20.2. The van der Waals surface area contributed by atoms with E-state index in [1.165, 1.54) is 12.1 Å². The van der Waals surface area contributed by atoms with Gasteiger partial charge < -0.3 is 14.5 Å². The normalized spacial score (nSPS) is 25.7. The first-order chi connectivity index (χ1) is 16.7. The van der Waals surface area contributed by atoms with Gasteiger partial charge in [0, 0.05) is 51.5 Å². The lowest BCUT2D eigenvalue weighted by Crippen LogP contribution is -2.35. The summed E-state index contributed by atoms with van der Waals surface area (Å²) in [6.07, 6.45) is -0.486. The van der Waals surface area contributed by atoms with E-state index in [1.54, 1.807) is 6.92 Å². The van der Waals surface area contributed by atoms with Crippen LogP contribution in [0.25, 0.3) is 11.3 Å². The highest BCUT2D eigenvalue weighted by atomic mass is 19.4. The summed E-state index contributed by atoms with van der Waals surface area (Å²) in [5.41, 5.74) is -0.595. The molecule has 5 rings (SSSR count). The number of fused-ring (bicyclic) bond motifs is 1.